The molecule has 1 aromatic rings. The van der Waals surface area contributed by atoms with Gasteiger partial charge in [0.2, 0.25) is 0 Å². The quantitative estimate of drug-likeness (QED) is 0.739. The molecule has 0 radical (unpaired) electrons. The van der Waals surface area contributed by atoms with E-state index in [4.69, 9.17) is 4.74 Å². The molecule has 0 bridgehead atoms. The molecular formula is C16H25NO. The Kier molecular flexibility index (Phi) is 4.65. The predicted octanol–water partition coefficient (Wildman–Crippen LogP) is 3.48. The zero-order valence-corrected chi connectivity index (χ0v) is 12.0. The Morgan fingerprint density at radius 1 is 1.06 bits per heavy atom. The summed E-state index contributed by atoms with van der Waals surface area (Å²) in [5.74, 6) is 1.09. The second kappa shape index (κ2) is 6.24. The van der Waals surface area contributed by atoms with Crippen molar-refractivity contribution in [2.75, 3.05) is 26.2 Å². The molecule has 100 valence electrons. The van der Waals surface area contributed by atoms with Crippen molar-refractivity contribution >= 4 is 0 Å². The van der Waals surface area contributed by atoms with E-state index in [1.807, 2.05) is 0 Å². The predicted molar refractivity (Wildman–Crippen MR) is 76.4 cm³/mol. The van der Waals surface area contributed by atoms with Crippen molar-refractivity contribution in [2.45, 2.75) is 40.0 Å². The SMILES string of the molecule is Cc1ccc(C)c(OCCCN2CCCC2)c1C. The Hall–Kier alpha value is -1.02. The van der Waals surface area contributed by atoms with Gasteiger partial charge in [-0.2, -0.15) is 0 Å². The lowest BCUT2D eigenvalue weighted by Gasteiger charge is -2.16. The average Bonchev–Trinajstić information content (AvgIpc) is 2.86. The van der Waals surface area contributed by atoms with Crippen molar-refractivity contribution in [1.29, 1.82) is 0 Å². The van der Waals surface area contributed by atoms with Crippen molar-refractivity contribution in [3.05, 3.63) is 28.8 Å². The van der Waals surface area contributed by atoms with Crippen LogP contribution in [-0.2, 0) is 0 Å². The van der Waals surface area contributed by atoms with Gasteiger partial charge in [0.1, 0.15) is 5.75 Å². The first-order chi connectivity index (χ1) is 8.68. The molecule has 1 aliphatic rings. The average molecular weight is 247 g/mol. The van der Waals surface area contributed by atoms with E-state index in [0.29, 0.717) is 0 Å². The maximum Gasteiger partial charge on any atom is 0.125 e. The molecule has 1 aromatic carbocycles. The summed E-state index contributed by atoms with van der Waals surface area (Å²) in [5, 5.41) is 0. The first-order valence-corrected chi connectivity index (χ1v) is 7.10. The summed E-state index contributed by atoms with van der Waals surface area (Å²) >= 11 is 0. The van der Waals surface area contributed by atoms with Crippen LogP contribution in [0.5, 0.6) is 5.75 Å². The van der Waals surface area contributed by atoms with Crippen molar-refractivity contribution in [2.24, 2.45) is 0 Å². The standard InChI is InChI=1S/C16H25NO/c1-13-7-8-14(2)16(15(13)3)18-12-6-11-17-9-4-5-10-17/h7-8H,4-6,9-12H2,1-3H3. The normalized spacial score (nSPS) is 16.2. The fraction of sp³-hybridized carbons (Fsp3) is 0.625. The number of aryl methyl sites for hydroxylation is 2. The van der Waals surface area contributed by atoms with E-state index in [9.17, 15) is 0 Å². The van der Waals surface area contributed by atoms with E-state index in [0.717, 1.165) is 18.8 Å². The third-order valence-corrected chi connectivity index (χ3v) is 3.94. The van der Waals surface area contributed by atoms with Crippen molar-refractivity contribution in [1.82, 2.24) is 4.90 Å². The lowest BCUT2D eigenvalue weighted by atomic mass is 10.1. The second-order valence-electron chi connectivity index (χ2n) is 5.40. The Morgan fingerprint density at radius 2 is 1.72 bits per heavy atom. The van der Waals surface area contributed by atoms with Gasteiger partial charge in [-0.15, -0.1) is 0 Å². The van der Waals surface area contributed by atoms with Crippen molar-refractivity contribution < 1.29 is 4.74 Å². The molecule has 0 saturated carbocycles. The maximum atomic E-state index is 5.98. The molecule has 0 aliphatic carbocycles. The third-order valence-electron chi connectivity index (χ3n) is 3.94. The number of rotatable bonds is 5. The van der Waals surface area contributed by atoms with E-state index in [2.05, 4.69) is 37.8 Å². The minimum atomic E-state index is 0.835. The molecule has 0 N–H and O–H groups in total. The van der Waals surface area contributed by atoms with E-state index in [1.165, 1.54) is 49.2 Å². The Morgan fingerprint density at radius 3 is 2.44 bits per heavy atom. The van der Waals surface area contributed by atoms with Crippen LogP contribution in [0.1, 0.15) is 36.0 Å². The van der Waals surface area contributed by atoms with E-state index in [1.54, 1.807) is 0 Å². The van der Waals surface area contributed by atoms with Gasteiger partial charge < -0.3 is 9.64 Å². The molecule has 0 atom stereocenters. The van der Waals surface area contributed by atoms with E-state index >= 15 is 0 Å². The maximum absolute atomic E-state index is 5.98. The highest BCUT2D eigenvalue weighted by Gasteiger charge is 2.11. The molecule has 2 heteroatoms. The number of likely N-dealkylation sites (tertiary alicyclic amines) is 1. The second-order valence-corrected chi connectivity index (χ2v) is 5.40. The highest BCUT2D eigenvalue weighted by Crippen LogP contribution is 2.25. The van der Waals surface area contributed by atoms with E-state index in [-0.39, 0.29) is 0 Å². The monoisotopic (exact) mass is 247 g/mol. The topological polar surface area (TPSA) is 12.5 Å². The number of ether oxygens (including phenoxy) is 1. The summed E-state index contributed by atoms with van der Waals surface area (Å²) < 4.78 is 5.98. The van der Waals surface area contributed by atoms with Crippen LogP contribution in [0.25, 0.3) is 0 Å². The summed E-state index contributed by atoms with van der Waals surface area (Å²) in [6, 6.07) is 4.32. The van der Waals surface area contributed by atoms with Gasteiger partial charge in [-0.1, -0.05) is 12.1 Å². The Labute approximate surface area is 111 Å². The number of nitrogens with zero attached hydrogens (tertiary/aromatic N) is 1. The van der Waals surface area contributed by atoms with Crippen LogP contribution in [0.15, 0.2) is 12.1 Å². The van der Waals surface area contributed by atoms with Crippen LogP contribution in [0, 0.1) is 20.8 Å². The minimum Gasteiger partial charge on any atom is -0.493 e. The summed E-state index contributed by atoms with van der Waals surface area (Å²) in [4.78, 5) is 2.54. The molecule has 2 nitrogen and oxygen atoms in total. The molecule has 18 heavy (non-hydrogen) atoms. The van der Waals surface area contributed by atoms with Crippen LogP contribution in [0.2, 0.25) is 0 Å². The largest absolute Gasteiger partial charge is 0.493 e. The number of hydrogen-bond acceptors (Lipinski definition) is 2. The fourth-order valence-corrected chi connectivity index (χ4v) is 2.62. The van der Waals surface area contributed by atoms with Gasteiger partial charge in [-0.05, 0) is 69.8 Å². The molecule has 0 spiro atoms. The Bertz CT molecular complexity index is 394. The van der Waals surface area contributed by atoms with Gasteiger partial charge in [0, 0.05) is 6.54 Å². The zero-order valence-electron chi connectivity index (χ0n) is 12.0. The van der Waals surface area contributed by atoms with Gasteiger partial charge in [0.25, 0.3) is 0 Å². The number of hydrogen-bond donors (Lipinski definition) is 0. The molecule has 0 aromatic heterocycles. The van der Waals surface area contributed by atoms with Crippen molar-refractivity contribution in [3.8, 4) is 5.75 Å². The molecule has 1 saturated heterocycles. The molecular weight excluding hydrogens is 222 g/mol. The fourth-order valence-electron chi connectivity index (χ4n) is 2.62. The minimum absolute atomic E-state index is 0.835. The molecule has 2 rings (SSSR count). The first-order valence-electron chi connectivity index (χ1n) is 7.10. The van der Waals surface area contributed by atoms with Gasteiger partial charge in [0.05, 0.1) is 6.61 Å². The van der Waals surface area contributed by atoms with Crippen LogP contribution >= 0.6 is 0 Å². The Balaban J connectivity index is 1.80. The smallest absolute Gasteiger partial charge is 0.125 e. The van der Waals surface area contributed by atoms with Gasteiger partial charge >= 0.3 is 0 Å². The zero-order chi connectivity index (χ0) is 13.0. The van der Waals surface area contributed by atoms with E-state index < -0.39 is 0 Å². The molecule has 1 aliphatic heterocycles. The van der Waals surface area contributed by atoms with Crippen molar-refractivity contribution in [3.63, 3.8) is 0 Å². The number of benzene rings is 1. The summed E-state index contributed by atoms with van der Waals surface area (Å²) in [5.41, 5.74) is 3.85. The van der Waals surface area contributed by atoms with Crippen LogP contribution in [0.3, 0.4) is 0 Å². The summed E-state index contributed by atoms with van der Waals surface area (Å²) in [7, 11) is 0. The van der Waals surface area contributed by atoms with Gasteiger partial charge in [-0.3, -0.25) is 0 Å². The summed E-state index contributed by atoms with van der Waals surface area (Å²) in [6.07, 6.45) is 3.88. The van der Waals surface area contributed by atoms with Crippen LogP contribution < -0.4 is 4.74 Å². The lowest BCUT2D eigenvalue weighted by molar-refractivity contribution is 0.261. The lowest BCUT2D eigenvalue weighted by Crippen LogP contribution is -2.22. The molecule has 0 amide bonds. The molecule has 1 heterocycles. The first kappa shape index (κ1) is 13.4. The highest BCUT2D eigenvalue weighted by atomic mass is 16.5. The third kappa shape index (κ3) is 3.26. The van der Waals surface area contributed by atoms with Crippen LogP contribution in [0.4, 0.5) is 0 Å². The molecule has 0 unspecified atom stereocenters. The molecule has 1 fully saturated rings. The van der Waals surface area contributed by atoms with Gasteiger partial charge in [-0.25, -0.2) is 0 Å². The highest BCUT2D eigenvalue weighted by molar-refractivity contribution is 5.44. The van der Waals surface area contributed by atoms with Crippen LogP contribution in [-0.4, -0.2) is 31.1 Å². The summed E-state index contributed by atoms with van der Waals surface area (Å²) in [6.45, 7) is 11.0. The van der Waals surface area contributed by atoms with Gasteiger partial charge in [0.15, 0.2) is 0 Å².